The van der Waals surface area contributed by atoms with Gasteiger partial charge in [-0.2, -0.15) is 0 Å². The molecule has 1 atom stereocenters. The van der Waals surface area contributed by atoms with E-state index in [0.717, 1.165) is 38.1 Å². The number of halogens is 1. The Morgan fingerprint density at radius 2 is 2.00 bits per heavy atom. The van der Waals surface area contributed by atoms with Crippen molar-refractivity contribution in [2.45, 2.75) is 39.7 Å². The minimum atomic E-state index is -0.00849. The molecule has 3 N–H and O–H groups in total. The van der Waals surface area contributed by atoms with Crippen LogP contribution in [0.2, 0.25) is 0 Å². The molecule has 0 radical (unpaired) electrons. The van der Waals surface area contributed by atoms with Crippen molar-refractivity contribution in [2.24, 2.45) is 10.9 Å². The number of piperidine rings is 1. The van der Waals surface area contributed by atoms with Crippen LogP contribution >= 0.6 is 35.3 Å². The number of carbonyl (C=O) groups is 1. The molecule has 1 fully saturated rings. The number of nitrogens with one attached hydrogen (secondary N) is 3. The smallest absolute Gasteiger partial charge is 0.216 e. The fourth-order valence-electron chi connectivity index (χ4n) is 3.15. The van der Waals surface area contributed by atoms with Gasteiger partial charge in [-0.1, -0.05) is 13.0 Å². The zero-order valence-electron chi connectivity index (χ0n) is 16.7. The molecule has 1 amide bonds. The molecule has 0 aromatic carbocycles. The van der Waals surface area contributed by atoms with Crippen molar-refractivity contribution in [3.8, 4) is 0 Å². The zero-order valence-corrected chi connectivity index (χ0v) is 19.8. The molecule has 6 nitrogen and oxygen atoms in total. The van der Waals surface area contributed by atoms with Crippen LogP contribution in [0.1, 0.15) is 44.5 Å². The van der Waals surface area contributed by atoms with E-state index in [1.54, 1.807) is 0 Å². The van der Waals surface area contributed by atoms with Crippen LogP contribution in [0.25, 0.3) is 0 Å². The molecule has 1 saturated heterocycles. The Labute approximate surface area is 184 Å². The van der Waals surface area contributed by atoms with Gasteiger partial charge >= 0.3 is 0 Å². The maximum Gasteiger partial charge on any atom is 0.216 e. The average molecular weight is 507 g/mol. The van der Waals surface area contributed by atoms with Gasteiger partial charge in [0.2, 0.25) is 5.91 Å². The fourth-order valence-corrected chi connectivity index (χ4v) is 4.00. The highest BCUT2D eigenvalue weighted by Gasteiger charge is 2.25. The summed E-state index contributed by atoms with van der Waals surface area (Å²) in [5.74, 6) is 1.63. The molecule has 0 bridgehead atoms. The van der Waals surface area contributed by atoms with Gasteiger partial charge in [-0.05, 0) is 50.2 Å². The summed E-state index contributed by atoms with van der Waals surface area (Å²) in [5.41, 5.74) is 0. The number of hydrogen-bond donors (Lipinski definition) is 3. The Morgan fingerprint density at radius 3 is 2.59 bits per heavy atom. The third-order valence-corrected chi connectivity index (χ3v) is 5.66. The summed E-state index contributed by atoms with van der Waals surface area (Å²) < 4.78 is 0. The lowest BCUT2D eigenvalue weighted by molar-refractivity contribution is -0.118. The Bertz CT molecular complexity index is 558. The number of amides is 1. The monoisotopic (exact) mass is 507 g/mol. The molecule has 1 unspecified atom stereocenters. The zero-order chi connectivity index (χ0) is 18.8. The lowest BCUT2D eigenvalue weighted by Gasteiger charge is -2.35. The fraction of sp³-hybridized carbons (Fsp3) is 0.684. The number of carbonyl (C=O) groups excluding carboxylic acids is 1. The second kappa shape index (κ2) is 13.3. The van der Waals surface area contributed by atoms with Crippen molar-refractivity contribution >= 4 is 47.2 Å². The maximum atomic E-state index is 11.0. The molecule has 2 rings (SSSR count). The van der Waals surface area contributed by atoms with Crippen molar-refractivity contribution in [2.75, 3.05) is 39.3 Å². The molecule has 1 aromatic rings. The first-order valence-electron chi connectivity index (χ1n) is 9.64. The third kappa shape index (κ3) is 8.78. The Morgan fingerprint density at radius 1 is 1.30 bits per heavy atom. The lowest BCUT2D eigenvalue weighted by Crippen LogP contribution is -2.42. The molecule has 0 spiro atoms. The van der Waals surface area contributed by atoms with Crippen molar-refractivity contribution < 1.29 is 4.79 Å². The molecule has 154 valence electrons. The van der Waals surface area contributed by atoms with Crippen LogP contribution in [0.4, 0.5) is 0 Å². The second-order valence-corrected chi connectivity index (χ2v) is 7.86. The first-order chi connectivity index (χ1) is 12.6. The van der Waals surface area contributed by atoms with Gasteiger partial charge in [0.1, 0.15) is 0 Å². The predicted molar refractivity (Wildman–Crippen MR) is 125 cm³/mol. The largest absolute Gasteiger partial charge is 0.357 e. The summed E-state index contributed by atoms with van der Waals surface area (Å²) >= 11 is 1.82. The van der Waals surface area contributed by atoms with E-state index < -0.39 is 0 Å². The van der Waals surface area contributed by atoms with Crippen LogP contribution in [-0.2, 0) is 4.79 Å². The lowest BCUT2D eigenvalue weighted by atomic mass is 9.97. The molecule has 1 aromatic heterocycles. The number of likely N-dealkylation sites (tertiary alicyclic amines) is 1. The van der Waals surface area contributed by atoms with E-state index in [1.165, 1.54) is 24.6 Å². The maximum absolute atomic E-state index is 11.0. The highest BCUT2D eigenvalue weighted by Crippen LogP contribution is 2.29. The molecule has 2 heterocycles. The van der Waals surface area contributed by atoms with Gasteiger partial charge in [-0.3, -0.25) is 14.7 Å². The summed E-state index contributed by atoms with van der Waals surface area (Å²) in [4.78, 5) is 19.8. The van der Waals surface area contributed by atoms with E-state index >= 15 is 0 Å². The molecule has 1 aliphatic rings. The van der Waals surface area contributed by atoms with Crippen molar-refractivity contribution in [1.29, 1.82) is 0 Å². The van der Waals surface area contributed by atoms with Crippen LogP contribution in [-0.4, -0.2) is 56.0 Å². The summed E-state index contributed by atoms with van der Waals surface area (Å²) in [6.07, 6.45) is 2.53. The summed E-state index contributed by atoms with van der Waals surface area (Å²) in [6.45, 7) is 11.0. The van der Waals surface area contributed by atoms with Gasteiger partial charge in [0.25, 0.3) is 0 Å². The Balaban J connectivity index is 0.00000364. The number of guanidine groups is 1. The topological polar surface area (TPSA) is 68.8 Å². The van der Waals surface area contributed by atoms with E-state index in [0.29, 0.717) is 19.1 Å². The van der Waals surface area contributed by atoms with E-state index in [9.17, 15) is 4.79 Å². The van der Waals surface area contributed by atoms with E-state index in [4.69, 9.17) is 4.99 Å². The minimum Gasteiger partial charge on any atom is -0.357 e. The van der Waals surface area contributed by atoms with Gasteiger partial charge < -0.3 is 16.0 Å². The van der Waals surface area contributed by atoms with Crippen molar-refractivity contribution in [1.82, 2.24) is 20.9 Å². The standard InChI is InChI=1S/C19H33N5OS.HI/c1-4-20-19(22-10-9-21-16(3)25)23-14-17(18-6-5-13-26-18)24-11-7-15(2)8-12-24;/h5-6,13,15,17H,4,7-12,14H2,1-3H3,(H,21,25)(H2,20,22,23);1H. The summed E-state index contributed by atoms with van der Waals surface area (Å²) in [5, 5.41) is 11.5. The second-order valence-electron chi connectivity index (χ2n) is 6.88. The quantitative estimate of drug-likeness (QED) is 0.219. The Kier molecular flexibility index (Phi) is 11.9. The molecule has 0 aliphatic carbocycles. The van der Waals surface area contributed by atoms with Crippen LogP contribution < -0.4 is 16.0 Å². The Hall–Kier alpha value is -0.870. The van der Waals surface area contributed by atoms with Crippen LogP contribution in [0, 0.1) is 5.92 Å². The van der Waals surface area contributed by atoms with Gasteiger partial charge in [-0.15, -0.1) is 35.3 Å². The summed E-state index contributed by atoms with van der Waals surface area (Å²) in [6, 6.07) is 4.69. The van der Waals surface area contributed by atoms with Crippen molar-refractivity contribution in [3.63, 3.8) is 0 Å². The van der Waals surface area contributed by atoms with Gasteiger partial charge in [0.05, 0.1) is 12.6 Å². The van der Waals surface area contributed by atoms with Gasteiger partial charge in [-0.25, -0.2) is 0 Å². The molecule has 8 heteroatoms. The SMILES string of the molecule is CCNC(=NCC(c1cccs1)N1CCC(C)CC1)NCCNC(C)=O.I. The molecule has 0 saturated carbocycles. The van der Waals surface area contributed by atoms with Crippen molar-refractivity contribution in [3.05, 3.63) is 22.4 Å². The van der Waals surface area contributed by atoms with Crippen LogP contribution in [0.3, 0.4) is 0 Å². The molecule has 27 heavy (non-hydrogen) atoms. The summed E-state index contributed by atoms with van der Waals surface area (Å²) in [7, 11) is 0. The van der Waals surface area contributed by atoms with Crippen LogP contribution in [0.15, 0.2) is 22.5 Å². The number of nitrogens with zero attached hydrogens (tertiary/aromatic N) is 2. The highest BCUT2D eigenvalue weighted by atomic mass is 127. The van der Waals surface area contributed by atoms with E-state index in [-0.39, 0.29) is 29.9 Å². The molecular weight excluding hydrogens is 473 g/mol. The number of hydrogen-bond acceptors (Lipinski definition) is 4. The molecular formula is C19H34IN5OS. The first kappa shape index (κ1) is 24.2. The predicted octanol–water partition coefficient (Wildman–Crippen LogP) is 2.83. The highest BCUT2D eigenvalue weighted by molar-refractivity contribution is 14.0. The number of thiophene rings is 1. The van der Waals surface area contributed by atoms with Gasteiger partial charge in [0.15, 0.2) is 5.96 Å². The minimum absolute atomic E-state index is 0. The normalized spacial score (nSPS) is 17.1. The van der Waals surface area contributed by atoms with E-state index in [2.05, 4.69) is 52.2 Å². The molecule has 1 aliphatic heterocycles. The van der Waals surface area contributed by atoms with E-state index in [1.807, 2.05) is 11.3 Å². The third-order valence-electron chi connectivity index (χ3n) is 4.69. The van der Waals surface area contributed by atoms with Crippen LogP contribution in [0.5, 0.6) is 0 Å². The number of aliphatic imine (C=N–C) groups is 1. The first-order valence-corrected chi connectivity index (χ1v) is 10.5. The number of rotatable bonds is 8. The average Bonchev–Trinajstić information content (AvgIpc) is 3.14. The van der Waals surface area contributed by atoms with Gasteiger partial charge in [0, 0.05) is 31.4 Å².